The summed E-state index contributed by atoms with van der Waals surface area (Å²) in [5, 5.41) is 2.17. The summed E-state index contributed by atoms with van der Waals surface area (Å²) in [5.41, 5.74) is 7.88. The van der Waals surface area contributed by atoms with Gasteiger partial charge in [0.05, 0.1) is 7.11 Å². The predicted octanol–water partition coefficient (Wildman–Crippen LogP) is 2.74. The van der Waals surface area contributed by atoms with Gasteiger partial charge in [-0.2, -0.15) is 0 Å². The van der Waals surface area contributed by atoms with Crippen molar-refractivity contribution in [2.24, 2.45) is 0 Å². The molecule has 2 nitrogen and oxygen atoms in total. The fourth-order valence-corrected chi connectivity index (χ4v) is 1.74. The van der Waals surface area contributed by atoms with Crippen LogP contribution in [0, 0.1) is 6.92 Å². The zero-order valence-electron chi connectivity index (χ0n) is 8.37. The molecule has 0 aliphatic carbocycles. The molecular formula is C12H13NO. The van der Waals surface area contributed by atoms with Crippen molar-refractivity contribution in [3.05, 3.63) is 35.9 Å². The molecule has 0 aliphatic rings. The molecule has 0 heterocycles. The van der Waals surface area contributed by atoms with Gasteiger partial charge >= 0.3 is 0 Å². The Kier molecular flexibility index (Phi) is 2.04. The summed E-state index contributed by atoms with van der Waals surface area (Å²) in [6.07, 6.45) is 0. The van der Waals surface area contributed by atoms with Gasteiger partial charge < -0.3 is 10.5 Å². The van der Waals surface area contributed by atoms with E-state index in [2.05, 4.69) is 13.0 Å². The van der Waals surface area contributed by atoms with E-state index in [-0.39, 0.29) is 0 Å². The van der Waals surface area contributed by atoms with Gasteiger partial charge in [-0.05, 0) is 24.6 Å². The SMILES string of the molecule is COc1ccc(N)c2cccc(C)c12. The molecule has 0 fully saturated rings. The van der Waals surface area contributed by atoms with Gasteiger partial charge in [0.1, 0.15) is 5.75 Å². The molecule has 2 aromatic carbocycles. The van der Waals surface area contributed by atoms with E-state index in [1.54, 1.807) is 7.11 Å². The van der Waals surface area contributed by atoms with Gasteiger partial charge in [-0.1, -0.05) is 18.2 Å². The first-order chi connectivity index (χ1) is 6.74. The van der Waals surface area contributed by atoms with Crippen LogP contribution < -0.4 is 10.5 Å². The highest BCUT2D eigenvalue weighted by molar-refractivity contribution is 5.99. The third-order valence-electron chi connectivity index (χ3n) is 2.46. The standard InChI is InChI=1S/C12H13NO/c1-8-4-3-5-9-10(13)6-7-11(14-2)12(8)9/h3-7H,13H2,1-2H3. The topological polar surface area (TPSA) is 35.2 Å². The van der Waals surface area contributed by atoms with Crippen LogP contribution in [0.2, 0.25) is 0 Å². The number of aryl methyl sites for hydroxylation is 1. The molecule has 0 aromatic heterocycles. The normalized spacial score (nSPS) is 10.4. The Morgan fingerprint density at radius 1 is 1.14 bits per heavy atom. The number of benzene rings is 2. The Labute approximate surface area is 83.3 Å². The lowest BCUT2D eigenvalue weighted by molar-refractivity contribution is 0.419. The van der Waals surface area contributed by atoms with Crippen molar-refractivity contribution in [2.75, 3.05) is 12.8 Å². The lowest BCUT2D eigenvalue weighted by Crippen LogP contribution is -1.92. The van der Waals surface area contributed by atoms with E-state index in [9.17, 15) is 0 Å². The van der Waals surface area contributed by atoms with Gasteiger partial charge in [-0.25, -0.2) is 0 Å². The molecule has 0 unspecified atom stereocenters. The maximum atomic E-state index is 5.89. The average Bonchev–Trinajstić information content (AvgIpc) is 2.20. The second-order valence-corrected chi connectivity index (χ2v) is 3.35. The number of methoxy groups -OCH3 is 1. The number of anilines is 1. The Balaban J connectivity index is 2.92. The van der Waals surface area contributed by atoms with E-state index in [0.29, 0.717) is 0 Å². The highest BCUT2D eigenvalue weighted by Crippen LogP contribution is 2.32. The first-order valence-corrected chi connectivity index (χ1v) is 4.56. The second kappa shape index (κ2) is 3.22. The molecule has 0 atom stereocenters. The van der Waals surface area contributed by atoms with Gasteiger partial charge in [-0.15, -0.1) is 0 Å². The summed E-state index contributed by atoms with van der Waals surface area (Å²) >= 11 is 0. The third kappa shape index (κ3) is 1.20. The van der Waals surface area contributed by atoms with Crippen molar-refractivity contribution in [3.63, 3.8) is 0 Å². The molecule has 72 valence electrons. The minimum Gasteiger partial charge on any atom is -0.496 e. The number of hydrogen-bond acceptors (Lipinski definition) is 2. The van der Waals surface area contributed by atoms with E-state index in [1.165, 1.54) is 5.56 Å². The van der Waals surface area contributed by atoms with Crippen LogP contribution in [0.3, 0.4) is 0 Å². The molecule has 0 saturated carbocycles. The van der Waals surface area contributed by atoms with Gasteiger partial charge in [0.25, 0.3) is 0 Å². The fourth-order valence-electron chi connectivity index (χ4n) is 1.74. The summed E-state index contributed by atoms with van der Waals surface area (Å²) in [6.45, 7) is 2.06. The summed E-state index contributed by atoms with van der Waals surface area (Å²) in [4.78, 5) is 0. The van der Waals surface area contributed by atoms with E-state index >= 15 is 0 Å². The molecular weight excluding hydrogens is 174 g/mol. The molecule has 0 spiro atoms. The zero-order valence-corrected chi connectivity index (χ0v) is 8.37. The molecule has 2 aromatic rings. The molecule has 0 aliphatic heterocycles. The Bertz CT molecular complexity index is 477. The number of ether oxygens (including phenoxy) is 1. The number of rotatable bonds is 1. The molecule has 0 bridgehead atoms. The van der Waals surface area contributed by atoms with Crippen molar-refractivity contribution in [1.29, 1.82) is 0 Å². The van der Waals surface area contributed by atoms with Crippen molar-refractivity contribution in [1.82, 2.24) is 0 Å². The van der Waals surface area contributed by atoms with E-state index in [1.807, 2.05) is 24.3 Å². The minimum atomic E-state index is 0.796. The predicted molar refractivity (Wildman–Crippen MR) is 59.6 cm³/mol. The van der Waals surface area contributed by atoms with Gasteiger partial charge in [-0.3, -0.25) is 0 Å². The van der Waals surface area contributed by atoms with Crippen LogP contribution in [0.15, 0.2) is 30.3 Å². The Morgan fingerprint density at radius 2 is 1.93 bits per heavy atom. The third-order valence-corrected chi connectivity index (χ3v) is 2.46. The van der Waals surface area contributed by atoms with Crippen LogP contribution in [0.25, 0.3) is 10.8 Å². The Hall–Kier alpha value is -1.70. The summed E-state index contributed by atoms with van der Waals surface area (Å²) in [6, 6.07) is 9.86. The largest absolute Gasteiger partial charge is 0.496 e. The highest BCUT2D eigenvalue weighted by atomic mass is 16.5. The van der Waals surface area contributed by atoms with E-state index in [4.69, 9.17) is 10.5 Å². The molecule has 2 heteroatoms. The second-order valence-electron chi connectivity index (χ2n) is 3.35. The van der Waals surface area contributed by atoms with Crippen molar-refractivity contribution >= 4 is 16.5 Å². The molecule has 2 N–H and O–H groups in total. The molecule has 0 amide bonds. The fraction of sp³-hybridized carbons (Fsp3) is 0.167. The monoisotopic (exact) mass is 187 g/mol. The maximum absolute atomic E-state index is 5.89. The molecule has 0 saturated heterocycles. The smallest absolute Gasteiger partial charge is 0.127 e. The summed E-state index contributed by atoms with van der Waals surface area (Å²) in [5.74, 6) is 0.882. The van der Waals surface area contributed by atoms with Crippen LogP contribution in [0.5, 0.6) is 5.75 Å². The van der Waals surface area contributed by atoms with Crippen LogP contribution in [0.1, 0.15) is 5.56 Å². The maximum Gasteiger partial charge on any atom is 0.127 e. The molecule has 0 radical (unpaired) electrons. The number of nitrogens with two attached hydrogens (primary N) is 1. The van der Waals surface area contributed by atoms with Gasteiger partial charge in [0.15, 0.2) is 0 Å². The van der Waals surface area contributed by atoms with Crippen LogP contribution >= 0.6 is 0 Å². The summed E-state index contributed by atoms with van der Waals surface area (Å²) < 4.78 is 5.31. The number of nitrogen functional groups attached to an aromatic ring is 1. The Morgan fingerprint density at radius 3 is 2.64 bits per heavy atom. The minimum absolute atomic E-state index is 0.796. The average molecular weight is 187 g/mol. The van der Waals surface area contributed by atoms with Crippen LogP contribution in [-0.4, -0.2) is 7.11 Å². The lowest BCUT2D eigenvalue weighted by Gasteiger charge is -2.09. The van der Waals surface area contributed by atoms with Gasteiger partial charge in [0, 0.05) is 16.5 Å². The number of fused-ring (bicyclic) bond motifs is 1. The lowest BCUT2D eigenvalue weighted by atomic mass is 10.0. The van der Waals surface area contributed by atoms with Crippen molar-refractivity contribution in [3.8, 4) is 5.75 Å². The van der Waals surface area contributed by atoms with Crippen molar-refractivity contribution in [2.45, 2.75) is 6.92 Å². The zero-order chi connectivity index (χ0) is 10.1. The van der Waals surface area contributed by atoms with Gasteiger partial charge in [0.2, 0.25) is 0 Å². The van der Waals surface area contributed by atoms with Crippen LogP contribution in [0.4, 0.5) is 5.69 Å². The molecule has 14 heavy (non-hydrogen) atoms. The van der Waals surface area contributed by atoms with Crippen molar-refractivity contribution < 1.29 is 4.74 Å². The van der Waals surface area contributed by atoms with E-state index in [0.717, 1.165) is 22.2 Å². The highest BCUT2D eigenvalue weighted by Gasteiger charge is 2.05. The van der Waals surface area contributed by atoms with E-state index < -0.39 is 0 Å². The van der Waals surface area contributed by atoms with Crippen LogP contribution in [-0.2, 0) is 0 Å². The quantitative estimate of drug-likeness (QED) is 0.697. The molecule has 2 rings (SSSR count). The first-order valence-electron chi connectivity index (χ1n) is 4.56. The first kappa shape index (κ1) is 8.88. The summed E-state index contributed by atoms with van der Waals surface area (Å²) in [7, 11) is 1.68. The number of hydrogen-bond donors (Lipinski definition) is 1.